The number of H-pyrrole nitrogens is 1. The molecule has 1 atom stereocenters. The van der Waals surface area contributed by atoms with Crippen molar-refractivity contribution in [3.8, 4) is 11.5 Å². The standard InChI is InChI=1S/C23H23N5O2S/c1-14-22(31-13-27-14)6-8-30-21-11-19-17(10-20(21)29-2)23(26-12-25-19)28-16-4-3-15-5-7-24-18(15)9-16/h3-5,7,9-12,22,24H,6,8,13H2,1-2H3,(H,25,26,28). The van der Waals surface area contributed by atoms with Crippen LogP contribution in [0.25, 0.3) is 21.8 Å². The Balaban J connectivity index is 1.39. The summed E-state index contributed by atoms with van der Waals surface area (Å²) in [5, 5.41) is 5.87. The number of aromatic amines is 1. The first kappa shape index (κ1) is 19.7. The number of hydrogen-bond donors (Lipinski definition) is 2. The molecule has 1 aliphatic rings. The third-order valence-corrected chi connectivity index (χ3v) is 6.69. The van der Waals surface area contributed by atoms with Crippen LogP contribution in [-0.4, -0.2) is 45.5 Å². The zero-order valence-corrected chi connectivity index (χ0v) is 18.2. The van der Waals surface area contributed by atoms with E-state index in [1.807, 2.05) is 42.2 Å². The molecule has 2 N–H and O–H groups in total. The lowest BCUT2D eigenvalue weighted by Crippen LogP contribution is -2.14. The van der Waals surface area contributed by atoms with E-state index in [1.165, 1.54) is 11.1 Å². The van der Waals surface area contributed by atoms with Crippen molar-refractivity contribution in [2.24, 2.45) is 4.99 Å². The second-order valence-corrected chi connectivity index (χ2v) is 8.53. The van der Waals surface area contributed by atoms with Crippen LogP contribution in [0.4, 0.5) is 11.5 Å². The molecule has 0 aliphatic carbocycles. The summed E-state index contributed by atoms with van der Waals surface area (Å²) < 4.78 is 11.7. The fraction of sp³-hybridized carbons (Fsp3) is 0.261. The number of nitrogens with one attached hydrogen (secondary N) is 2. The minimum atomic E-state index is 0.432. The molecule has 0 spiro atoms. The molecule has 0 amide bonds. The van der Waals surface area contributed by atoms with Gasteiger partial charge in [0.25, 0.3) is 0 Å². The van der Waals surface area contributed by atoms with E-state index in [9.17, 15) is 0 Å². The molecular formula is C23H23N5O2S. The van der Waals surface area contributed by atoms with Crippen molar-refractivity contribution in [3.63, 3.8) is 0 Å². The van der Waals surface area contributed by atoms with Crippen molar-refractivity contribution in [1.29, 1.82) is 0 Å². The highest BCUT2D eigenvalue weighted by atomic mass is 32.2. The summed E-state index contributed by atoms with van der Waals surface area (Å²) in [4.78, 5) is 16.6. The summed E-state index contributed by atoms with van der Waals surface area (Å²) >= 11 is 1.86. The second-order valence-electron chi connectivity index (χ2n) is 7.37. The topological polar surface area (TPSA) is 84.4 Å². The van der Waals surface area contributed by atoms with E-state index in [-0.39, 0.29) is 0 Å². The Hall–Kier alpha value is -3.26. The maximum absolute atomic E-state index is 6.07. The van der Waals surface area contributed by atoms with E-state index in [4.69, 9.17) is 9.47 Å². The molecule has 0 bridgehead atoms. The molecule has 2 aromatic heterocycles. The van der Waals surface area contributed by atoms with E-state index in [0.717, 1.165) is 40.2 Å². The number of ether oxygens (including phenoxy) is 2. The van der Waals surface area contributed by atoms with Gasteiger partial charge in [0.2, 0.25) is 0 Å². The molecule has 5 rings (SSSR count). The molecule has 2 aromatic carbocycles. The fourth-order valence-corrected chi connectivity index (χ4v) is 4.75. The molecule has 4 aromatic rings. The SMILES string of the molecule is COc1cc2c(Nc3ccc4cc[nH]c4c3)ncnc2cc1OCCC1SCN=C1C. The van der Waals surface area contributed by atoms with Gasteiger partial charge in [-0.15, -0.1) is 11.8 Å². The summed E-state index contributed by atoms with van der Waals surface area (Å²) in [7, 11) is 1.65. The van der Waals surface area contributed by atoms with Crippen LogP contribution in [0.15, 0.2) is 53.9 Å². The fourth-order valence-electron chi connectivity index (χ4n) is 3.72. The minimum Gasteiger partial charge on any atom is -0.493 e. The van der Waals surface area contributed by atoms with Gasteiger partial charge in [-0.05, 0) is 43.0 Å². The van der Waals surface area contributed by atoms with Gasteiger partial charge in [0, 0.05) is 39.8 Å². The van der Waals surface area contributed by atoms with Gasteiger partial charge in [0.05, 0.1) is 25.1 Å². The van der Waals surface area contributed by atoms with Gasteiger partial charge in [0.1, 0.15) is 12.1 Å². The summed E-state index contributed by atoms with van der Waals surface area (Å²) in [6, 6.07) is 12.1. The Bertz CT molecular complexity index is 1270. The quantitative estimate of drug-likeness (QED) is 0.418. The number of aromatic nitrogens is 3. The normalized spacial score (nSPS) is 15.9. The van der Waals surface area contributed by atoms with E-state index >= 15 is 0 Å². The number of rotatable bonds is 7. The highest BCUT2D eigenvalue weighted by molar-refractivity contribution is 8.00. The van der Waals surface area contributed by atoms with Crippen molar-refractivity contribution >= 4 is 50.8 Å². The summed E-state index contributed by atoms with van der Waals surface area (Å²) in [5.41, 5.74) is 4.00. The van der Waals surface area contributed by atoms with Crippen molar-refractivity contribution in [2.75, 3.05) is 24.9 Å². The van der Waals surface area contributed by atoms with Crippen LogP contribution in [0.5, 0.6) is 11.5 Å². The highest BCUT2D eigenvalue weighted by Gasteiger charge is 2.18. The molecule has 31 heavy (non-hydrogen) atoms. The number of thioether (sulfide) groups is 1. The first-order valence-electron chi connectivity index (χ1n) is 10.1. The Morgan fingerprint density at radius 3 is 2.94 bits per heavy atom. The Labute approximate surface area is 184 Å². The molecule has 158 valence electrons. The van der Waals surface area contributed by atoms with Crippen LogP contribution in [0.3, 0.4) is 0 Å². The molecule has 8 heteroatoms. The maximum Gasteiger partial charge on any atom is 0.163 e. The lowest BCUT2D eigenvalue weighted by molar-refractivity contribution is 0.293. The third-order valence-electron chi connectivity index (χ3n) is 5.43. The predicted octanol–water partition coefficient (Wildman–Crippen LogP) is 5.17. The molecule has 7 nitrogen and oxygen atoms in total. The van der Waals surface area contributed by atoms with Gasteiger partial charge < -0.3 is 19.8 Å². The number of aliphatic imine (C=N–C) groups is 1. The van der Waals surface area contributed by atoms with E-state index in [2.05, 4.69) is 44.3 Å². The van der Waals surface area contributed by atoms with Gasteiger partial charge in [-0.1, -0.05) is 6.07 Å². The van der Waals surface area contributed by atoms with Crippen LogP contribution in [-0.2, 0) is 0 Å². The molecule has 0 saturated heterocycles. The lowest BCUT2D eigenvalue weighted by Gasteiger charge is -2.15. The highest BCUT2D eigenvalue weighted by Crippen LogP contribution is 2.35. The number of benzene rings is 2. The van der Waals surface area contributed by atoms with Gasteiger partial charge in [0.15, 0.2) is 11.5 Å². The van der Waals surface area contributed by atoms with E-state index in [1.54, 1.807) is 13.4 Å². The lowest BCUT2D eigenvalue weighted by atomic mass is 10.2. The zero-order chi connectivity index (χ0) is 21.2. The Kier molecular flexibility index (Phi) is 5.38. The van der Waals surface area contributed by atoms with Gasteiger partial charge in [-0.25, -0.2) is 9.97 Å². The van der Waals surface area contributed by atoms with Gasteiger partial charge >= 0.3 is 0 Å². The van der Waals surface area contributed by atoms with Gasteiger partial charge in [-0.3, -0.25) is 4.99 Å². The van der Waals surface area contributed by atoms with Crippen LogP contribution >= 0.6 is 11.8 Å². The number of fused-ring (bicyclic) bond motifs is 2. The van der Waals surface area contributed by atoms with Crippen molar-refractivity contribution in [1.82, 2.24) is 15.0 Å². The first-order valence-corrected chi connectivity index (χ1v) is 11.2. The first-order chi connectivity index (χ1) is 15.2. The van der Waals surface area contributed by atoms with Crippen molar-refractivity contribution < 1.29 is 9.47 Å². The Morgan fingerprint density at radius 2 is 2.10 bits per heavy atom. The number of methoxy groups -OCH3 is 1. The molecule has 1 unspecified atom stereocenters. The smallest absolute Gasteiger partial charge is 0.163 e. The molecule has 1 aliphatic heterocycles. The average molecular weight is 434 g/mol. The van der Waals surface area contributed by atoms with Gasteiger partial charge in [-0.2, -0.15) is 0 Å². The maximum atomic E-state index is 6.07. The molecule has 0 saturated carbocycles. The summed E-state index contributed by atoms with van der Waals surface area (Å²) in [5.74, 6) is 2.91. The monoisotopic (exact) mass is 433 g/mol. The summed E-state index contributed by atoms with van der Waals surface area (Å²) in [6.45, 7) is 2.68. The largest absolute Gasteiger partial charge is 0.493 e. The summed E-state index contributed by atoms with van der Waals surface area (Å²) in [6.07, 6.45) is 4.41. The van der Waals surface area contributed by atoms with Crippen molar-refractivity contribution in [3.05, 3.63) is 48.9 Å². The number of anilines is 2. The van der Waals surface area contributed by atoms with Crippen LogP contribution in [0.1, 0.15) is 13.3 Å². The predicted molar refractivity (Wildman–Crippen MR) is 127 cm³/mol. The molecule has 3 heterocycles. The van der Waals surface area contributed by atoms with Crippen LogP contribution < -0.4 is 14.8 Å². The molecular weight excluding hydrogens is 410 g/mol. The van der Waals surface area contributed by atoms with Crippen molar-refractivity contribution in [2.45, 2.75) is 18.6 Å². The second kappa shape index (κ2) is 8.47. The molecule has 0 fully saturated rings. The van der Waals surface area contributed by atoms with Crippen LogP contribution in [0.2, 0.25) is 0 Å². The van der Waals surface area contributed by atoms with E-state index in [0.29, 0.717) is 23.4 Å². The zero-order valence-electron chi connectivity index (χ0n) is 17.4. The molecule has 0 radical (unpaired) electrons. The Morgan fingerprint density at radius 1 is 1.16 bits per heavy atom. The third kappa shape index (κ3) is 4.03. The number of nitrogens with zero attached hydrogens (tertiary/aromatic N) is 3. The number of hydrogen-bond acceptors (Lipinski definition) is 7. The van der Waals surface area contributed by atoms with E-state index < -0.39 is 0 Å². The average Bonchev–Trinajstić information content (AvgIpc) is 3.42. The minimum absolute atomic E-state index is 0.432. The van der Waals surface area contributed by atoms with Crippen LogP contribution in [0, 0.1) is 0 Å².